The predicted octanol–water partition coefficient (Wildman–Crippen LogP) is 1.48. The van der Waals surface area contributed by atoms with Crippen molar-refractivity contribution in [2.45, 2.75) is 30.5 Å². The Hall–Kier alpha value is -1.25. The summed E-state index contributed by atoms with van der Waals surface area (Å²) in [6.45, 7) is 0.715. The van der Waals surface area contributed by atoms with Gasteiger partial charge in [-0.2, -0.15) is 26.3 Å². The van der Waals surface area contributed by atoms with E-state index in [1.165, 1.54) is 0 Å². The van der Waals surface area contributed by atoms with Crippen LogP contribution in [0.15, 0.2) is 0 Å². The van der Waals surface area contributed by atoms with Crippen molar-refractivity contribution in [2.75, 3.05) is 7.05 Å². The van der Waals surface area contributed by atoms with Gasteiger partial charge in [0.05, 0.1) is 6.10 Å². The second-order valence-electron chi connectivity index (χ2n) is 3.94. The number of nitrogens with one attached hydrogen (secondary N) is 1. The molecule has 0 rings (SSSR count). The zero-order valence-electron chi connectivity index (χ0n) is 11.3. The van der Waals surface area contributed by atoms with E-state index in [1.54, 1.807) is 5.32 Å². The topological polar surface area (TPSA) is 107 Å². The van der Waals surface area contributed by atoms with Crippen molar-refractivity contribution in [1.29, 1.82) is 0 Å². The Kier molecular flexibility index (Phi) is 6.34. The molecule has 0 bridgehead atoms. The normalized spacial score (nSPS) is 15.3. The fraction of sp³-hybridized carbons (Fsp3) is 0.750. The van der Waals surface area contributed by atoms with Crippen LogP contribution >= 0.6 is 0 Å². The molecule has 0 heterocycles. The Bertz CT molecular complexity index is 593. The Labute approximate surface area is 126 Å². The fourth-order valence-corrected chi connectivity index (χ4v) is 4.29. The van der Waals surface area contributed by atoms with Crippen LogP contribution in [0.5, 0.6) is 0 Å². The molecule has 0 saturated carbocycles. The molecule has 1 amide bonds. The zero-order chi connectivity index (χ0) is 18.9. The number of alkyl carbamates (subject to hydrolysis) is 1. The summed E-state index contributed by atoms with van der Waals surface area (Å²) < 4.78 is 120. The number of amides is 1. The molecule has 0 aliphatic rings. The molecular formula is C8H10F6NO6S2-. The van der Waals surface area contributed by atoms with Crippen LogP contribution in [0.25, 0.3) is 0 Å². The van der Waals surface area contributed by atoms with Crippen LogP contribution in [0.3, 0.4) is 0 Å². The molecule has 7 nitrogen and oxygen atoms in total. The fourth-order valence-electron chi connectivity index (χ4n) is 1.14. The van der Waals surface area contributed by atoms with Gasteiger partial charge in [-0.3, -0.25) is 16.8 Å². The summed E-state index contributed by atoms with van der Waals surface area (Å²) in [5, 5.41) is 1.79. The second-order valence-corrected chi connectivity index (χ2v) is 8.12. The van der Waals surface area contributed by atoms with Crippen LogP contribution in [-0.2, 0) is 24.4 Å². The number of hydrogen-bond donors (Lipinski definition) is 1. The van der Waals surface area contributed by atoms with Crippen LogP contribution in [0.1, 0.15) is 13.3 Å². The molecule has 0 radical (unpaired) electrons. The van der Waals surface area contributed by atoms with Gasteiger partial charge in [0.1, 0.15) is 19.7 Å². The minimum absolute atomic E-state index is 0.715. The monoisotopic (exact) mass is 394 g/mol. The van der Waals surface area contributed by atoms with Gasteiger partial charge in [0.2, 0.25) is 0 Å². The van der Waals surface area contributed by atoms with Crippen LogP contribution in [0.2, 0.25) is 0 Å². The molecule has 1 unspecified atom stereocenters. The SMILES string of the molecule is CNC(=O)OC(C)C[C-](S(=O)(=O)C(F)(F)F)S(=O)(=O)C(F)(F)F. The maximum absolute atomic E-state index is 12.4. The summed E-state index contributed by atoms with van der Waals surface area (Å²) in [5.41, 5.74) is -12.6. The molecule has 15 heteroatoms. The van der Waals surface area contributed by atoms with Gasteiger partial charge in [-0.15, -0.1) is 6.42 Å². The van der Waals surface area contributed by atoms with Crippen LogP contribution < -0.4 is 5.32 Å². The van der Waals surface area contributed by atoms with Crippen molar-refractivity contribution >= 4 is 25.8 Å². The molecule has 1 N–H and O–H groups in total. The lowest BCUT2D eigenvalue weighted by Crippen LogP contribution is -2.41. The van der Waals surface area contributed by atoms with Gasteiger partial charge in [-0.1, -0.05) is 4.58 Å². The summed E-state index contributed by atoms with van der Waals surface area (Å²) >= 11 is 0. The van der Waals surface area contributed by atoms with E-state index in [0.717, 1.165) is 7.05 Å². The van der Waals surface area contributed by atoms with E-state index in [1.807, 2.05) is 0 Å². The lowest BCUT2D eigenvalue weighted by molar-refractivity contribution is -0.0458. The summed E-state index contributed by atoms with van der Waals surface area (Å²) in [7, 11) is -12.6. The molecule has 0 aliphatic carbocycles. The third-order valence-corrected chi connectivity index (χ3v) is 6.24. The van der Waals surface area contributed by atoms with Gasteiger partial charge in [0.25, 0.3) is 0 Å². The maximum Gasteiger partial charge on any atom is 0.469 e. The highest BCUT2D eigenvalue weighted by Gasteiger charge is 2.54. The van der Waals surface area contributed by atoms with Crippen LogP contribution in [-0.4, -0.2) is 47.1 Å². The van der Waals surface area contributed by atoms with Crippen LogP contribution in [0.4, 0.5) is 31.1 Å². The molecular weight excluding hydrogens is 384 g/mol. The molecule has 23 heavy (non-hydrogen) atoms. The predicted molar refractivity (Wildman–Crippen MR) is 62.8 cm³/mol. The van der Waals surface area contributed by atoms with Crippen LogP contribution in [0, 0.1) is 4.58 Å². The maximum atomic E-state index is 12.4. The Morgan fingerprint density at radius 2 is 1.39 bits per heavy atom. The summed E-state index contributed by atoms with van der Waals surface area (Å²) in [4.78, 5) is 10.8. The van der Waals surface area contributed by atoms with E-state index in [0.29, 0.717) is 6.92 Å². The average molecular weight is 394 g/mol. The standard InChI is InChI=1S/C8H10F6NO6S2/c1-4(21-6(16)15-2)3-5(22(17,18)7(9,10)11)23(19,20)8(12,13)14/h4H,3H2,1-2H3,(H,15,16)/q-1. The molecule has 0 aromatic rings. The first kappa shape index (κ1) is 21.8. The number of sulfone groups is 2. The van der Waals surface area contributed by atoms with E-state index in [9.17, 15) is 48.0 Å². The molecule has 138 valence electrons. The number of halogens is 6. The number of carbonyl (C=O) groups is 1. The third-order valence-electron chi connectivity index (χ3n) is 2.18. The van der Waals surface area contributed by atoms with E-state index in [-0.39, 0.29) is 0 Å². The first-order valence-corrected chi connectivity index (χ1v) is 8.32. The van der Waals surface area contributed by atoms with E-state index < -0.39 is 53.9 Å². The van der Waals surface area contributed by atoms with E-state index in [2.05, 4.69) is 4.74 Å². The van der Waals surface area contributed by atoms with Gasteiger partial charge in [0.15, 0.2) is 0 Å². The smallest absolute Gasteiger partial charge is 0.449 e. The highest BCUT2D eigenvalue weighted by atomic mass is 32.3. The van der Waals surface area contributed by atoms with Gasteiger partial charge >= 0.3 is 17.1 Å². The summed E-state index contributed by atoms with van der Waals surface area (Å²) in [6, 6.07) is 0. The van der Waals surface area contributed by atoms with Gasteiger partial charge in [-0.05, 0) is 6.92 Å². The van der Waals surface area contributed by atoms with Crippen molar-refractivity contribution in [3.63, 3.8) is 0 Å². The average Bonchev–Trinajstić information content (AvgIpc) is 2.32. The van der Waals surface area contributed by atoms with Crippen molar-refractivity contribution in [1.82, 2.24) is 5.32 Å². The zero-order valence-corrected chi connectivity index (χ0v) is 13.0. The highest BCUT2D eigenvalue weighted by Crippen LogP contribution is 2.42. The van der Waals surface area contributed by atoms with Crippen molar-refractivity contribution in [3.8, 4) is 0 Å². The van der Waals surface area contributed by atoms with Crippen molar-refractivity contribution < 1.29 is 52.7 Å². The molecule has 0 fully saturated rings. The number of rotatable bonds is 5. The van der Waals surface area contributed by atoms with Gasteiger partial charge in [-0.25, -0.2) is 4.79 Å². The minimum Gasteiger partial charge on any atom is -0.449 e. The number of alkyl halides is 6. The van der Waals surface area contributed by atoms with Gasteiger partial charge in [0, 0.05) is 7.05 Å². The summed E-state index contributed by atoms with van der Waals surface area (Å²) in [5.74, 6) is 0. The minimum atomic E-state index is -6.82. The highest BCUT2D eigenvalue weighted by molar-refractivity contribution is 8.13. The second kappa shape index (κ2) is 6.70. The van der Waals surface area contributed by atoms with Crippen molar-refractivity contribution in [2.24, 2.45) is 0 Å². The summed E-state index contributed by atoms with van der Waals surface area (Å²) in [6.07, 6.45) is -5.05. The molecule has 1 atom stereocenters. The first-order valence-electron chi connectivity index (χ1n) is 5.35. The van der Waals surface area contributed by atoms with Gasteiger partial charge < -0.3 is 10.1 Å². The van der Waals surface area contributed by atoms with E-state index >= 15 is 0 Å². The lowest BCUT2D eigenvalue weighted by atomic mass is 10.3. The lowest BCUT2D eigenvalue weighted by Gasteiger charge is -2.33. The largest absolute Gasteiger partial charge is 0.469 e. The number of ether oxygens (including phenoxy) is 1. The molecule has 0 saturated heterocycles. The molecule has 0 aliphatic heterocycles. The first-order chi connectivity index (χ1) is 9.98. The Morgan fingerprint density at radius 3 is 1.65 bits per heavy atom. The molecule has 0 aromatic carbocycles. The Balaban J connectivity index is 5.94. The third kappa shape index (κ3) is 4.86. The molecule has 0 spiro atoms. The Morgan fingerprint density at radius 1 is 1.04 bits per heavy atom. The number of hydrogen-bond acceptors (Lipinski definition) is 6. The number of carbonyl (C=O) groups excluding carboxylic acids is 1. The molecule has 0 aromatic heterocycles. The quantitative estimate of drug-likeness (QED) is 0.559. The van der Waals surface area contributed by atoms with Crippen molar-refractivity contribution in [3.05, 3.63) is 4.58 Å². The van der Waals surface area contributed by atoms with E-state index in [4.69, 9.17) is 0 Å².